The maximum atomic E-state index is 10.9. The molecular formula is C10H18O2. The highest BCUT2D eigenvalue weighted by atomic mass is 16.4. The van der Waals surface area contributed by atoms with Crippen LogP contribution in [0.5, 0.6) is 0 Å². The second-order valence-electron chi connectivity index (χ2n) is 4.61. The van der Waals surface area contributed by atoms with Crippen LogP contribution in [0.3, 0.4) is 0 Å². The summed E-state index contributed by atoms with van der Waals surface area (Å²) in [5, 5.41) is 8.97. The van der Waals surface area contributed by atoms with Crippen LogP contribution in [0.1, 0.15) is 40.0 Å². The van der Waals surface area contributed by atoms with Crippen LogP contribution >= 0.6 is 0 Å². The molecule has 1 unspecified atom stereocenters. The van der Waals surface area contributed by atoms with Crippen LogP contribution in [0.25, 0.3) is 0 Å². The molecule has 1 aliphatic carbocycles. The topological polar surface area (TPSA) is 37.3 Å². The molecule has 0 bridgehead atoms. The standard InChI is InChI=1S/C10H18O2/c1-7(2)8-4-5-10(3,6-8)9(11)12/h7-8H,4-6H2,1-3H3,(H,11,12)/t8?,10-/m0/s1. The monoisotopic (exact) mass is 170 g/mol. The van der Waals surface area contributed by atoms with Gasteiger partial charge in [0, 0.05) is 0 Å². The van der Waals surface area contributed by atoms with Gasteiger partial charge in [0.15, 0.2) is 0 Å². The Morgan fingerprint density at radius 2 is 2.17 bits per heavy atom. The van der Waals surface area contributed by atoms with E-state index in [1.54, 1.807) is 0 Å². The molecule has 2 nitrogen and oxygen atoms in total. The van der Waals surface area contributed by atoms with Crippen LogP contribution in [0.2, 0.25) is 0 Å². The number of carbonyl (C=O) groups is 1. The Hall–Kier alpha value is -0.530. The number of hydrogen-bond donors (Lipinski definition) is 1. The summed E-state index contributed by atoms with van der Waals surface area (Å²) < 4.78 is 0. The molecule has 0 amide bonds. The van der Waals surface area contributed by atoms with E-state index in [9.17, 15) is 4.79 Å². The van der Waals surface area contributed by atoms with Crippen molar-refractivity contribution < 1.29 is 9.90 Å². The molecule has 12 heavy (non-hydrogen) atoms. The van der Waals surface area contributed by atoms with Crippen molar-refractivity contribution >= 4 is 5.97 Å². The Bertz CT molecular complexity index is 186. The van der Waals surface area contributed by atoms with Gasteiger partial charge in [-0.2, -0.15) is 0 Å². The van der Waals surface area contributed by atoms with Gasteiger partial charge < -0.3 is 5.11 Å². The van der Waals surface area contributed by atoms with Gasteiger partial charge in [-0.1, -0.05) is 13.8 Å². The van der Waals surface area contributed by atoms with Crippen molar-refractivity contribution in [2.45, 2.75) is 40.0 Å². The lowest BCUT2D eigenvalue weighted by molar-refractivity contribution is -0.147. The van der Waals surface area contributed by atoms with E-state index in [-0.39, 0.29) is 0 Å². The zero-order chi connectivity index (χ0) is 9.35. The molecule has 1 N–H and O–H groups in total. The van der Waals surface area contributed by atoms with Gasteiger partial charge in [-0.15, -0.1) is 0 Å². The first-order valence-corrected chi connectivity index (χ1v) is 4.69. The highest BCUT2D eigenvalue weighted by molar-refractivity contribution is 5.74. The summed E-state index contributed by atoms with van der Waals surface area (Å²) in [6.07, 6.45) is 2.80. The van der Waals surface area contributed by atoms with E-state index >= 15 is 0 Å². The second kappa shape index (κ2) is 3.08. The SMILES string of the molecule is CC(C)C1CC[C@](C)(C(=O)O)C1. The van der Waals surface area contributed by atoms with Crippen LogP contribution in [0.15, 0.2) is 0 Å². The number of carboxylic acids is 1. The van der Waals surface area contributed by atoms with E-state index in [0.717, 1.165) is 19.3 Å². The van der Waals surface area contributed by atoms with Crippen molar-refractivity contribution in [3.8, 4) is 0 Å². The van der Waals surface area contributed by atoms with Gasteiger partial charge in [0.2, 0.25) is 0 Å². The second-order valence-corrected chi connectivity index (χ2v) is 4.61. The van der Waals surface area contributed by atoms with Gasteiger partial charge in [-0.3, -0.25) is 4.79 Å². The first kappa shape index (κ1) is 9.56. The van der Waals surface area contributed by atoms with Crippen molar-refractivity contribution in [1.82, 2.24) is 0 Å². The maximum Gasteiger partial charge on any atom is 0.309 e. The first-order valence-electron chi connectivity index (χ1n) is 4.69. The summed E-state index contributed by atoms with van der Waals surface area (Å²) in [7, 11) is 0. The molecule has 0 spiro atoms. The smallest absolute Gasteiger partial charge is 0.309 e. The molecule has 1 rings (SSSR count). The van der Waals surface area contributed by atoms with E-state index in [4.69, 9.17) is 5.11 Å². The van der Waals surface area contributed by atoms with Crippen LogP contribution in [0, 0.1) is 17.3 Å². The zero-order valence-corrected chi connectivity index (χ0v) is 8.13. The fraction of sp³-hybridized carbons (Fsp3) is 0.900. The van der Waals surface area contributed by atoms with E-state index in [1.165, 1.54) is 0 Å². The molecule has 1 aliphatic rings. The van der Waals surface area contributed by atoms with Gasteiger partial charge in [0.05, 0.1) is 5.41 Å². The zero-order valence-electron chi connectivity index (χ0n) is 8.13. The van der Waals surface area contributed by atoms with Crippen molar-refractivity contribution in [1.29, 1.82) is 0 Å². The average molecular weight is 170 g/mol. The van der Waals surface area contributed by atoms with E-state index in [1.807, 2.05) is 6.92 Å². The fourth-order valence-corrected chi connectivity index (χ4v) is 2.05. The molecule has 1 saturated carbocycles. The Labute approximate surface area is 74.0 Å². The minimum Gasteiger partial charge on any atom is -0.481 e. The summed E-state index contributed by atoms with van der Waals surface area (Å²) in [5.41, 5.74) is -0.436. The van der Waals surface area contributed by atoms with Crippen LogP contribution in [0.4, 0.5) is 0 Å². The third-order valence-electron chi connectivity index (χ3n) is 3.24. The number of carboxylic acid groups (broad SMARTS) is 1. The highest BCUT2D eigenvalue weighted by Crippen LogP contribution is 2.44. The summed E-state index contributed by atoms with van der Waals surface area (Å²) in [6, 6.07) is 0. The van der Waals surface area contributed by atoms with Gasteiger partial charge in [-0.05, 0) is 38.0 Å². The van der Waals surface area contributed by atoms with E-state index in [2.05, 4.69) is 13.8 Å². The summed E-state index contributed by atoms with van der Waals surface area (Å²) >= 11 is 0. The lowest BCUT2D eigenvalue weighted by Gasteiger charge is -2.19. The normalized spacial score (nSPS) is 35.8. The molecule has 1 fully saturated rings. The molecule has 0 saturated heterocycles. The van der Waals surface area contributed by atoms with E-state index < -0.39 is 11.4 Å². The molecule has 0 aromatic heterocycles. The van der Waals surface area contributed by atoms with Gasteiger partial charge in [0.25, 0.3) is 0 Å². The summed E-state index contributed by atoms with van der Waals surface area (Å²) in [4.78, 5) is 10.9. The minimum atomic E-state index is -0.620. The Morgan fingerprint density at radius 3 is 2.42 bits per heavy atom. The van der Waals surface area contributed by atoms with Crippen LogP contribution < -0.4 is 0 Å². The Morgan fingerprint density at radius 1 is 1.58 bits per heavy atom. The van der Waals surface area contributed by atoms with Crippen molar-refractivity contribution in [3.05, 3.63) is 0 Å². The number of hydrogen-bond acceptors (Lipinski definition) is 1. The quantitative estimate of drug-likeness (QED) is 0.691. The van der Waals surface area contributed by atoms with Gasteiger partial charge >= 0.3 is 5.97 Å². The molecule has 2 heteroatoms. The molecule has 2 atom stereocenters. The lowest BCUT2D eigenvalue weighted by atomic mass is 9.85. The number of rotatable bonds is 2. The summed E-state index contributed by atoms with van der Waals surface area (Å²) in [6.45, 7) is 6.23. The predicted molar refractivity (Wildman–Crippen MR) is 47.9 cm³/mol. The third kappa shape index (κ3) is 1.62. The molecule has 0 radical (unpaired) electrons. The third-order valence-corrected chi connectivity index (χ3v) is 3.24. The van der Waals surface area contributed by atoms with Crippen molar-refractivity contribution in [2.75, 3.05) is 0 Å². The van der Waals surface area contributed by atoms with Crippen molar-refractivity contribution in [3.63, 3.8) is 0 Å². The largest absolute Gasteiger partial charge is 0.481 e. The van der Waals surface area contributed by atoms with Gasteiger partial charge in [-0.25, -0.2) is 0 Å². The molecule has 0 heterocycles. The Balaban J connectivity index is 2.61. The van der Waals surface area contributed by atoms with Crippen LogP contribution in [-0.4, -0.2) is 11.1 Å². The highest BCUT2D eigenvalue weighted by Gasteiger charge is 2.41. The minimum absolute atomic E-state index is 0.436. The van der Waals surface area contributed by atoms with Crippen molar-refractivity contribution in [2.24, 2.45) is 17.3 Å². The molecule has 0 aromatic carbocycles. The average Bonchev–Trinajstić information content (AvgIpc) is 2.33. The maximum absolute atomic E-state index is 10.9. The number of aliphatic carboxylic acids is 1. The van der Waals surface area contributed by atoms with E-state index in [0.29, 0.717) is 11.8 Å². The predicted octanol–water partition coefficient (Wildman–Crippen LogP) is 2.53. The lowest BCUT2D eigenvalue weighted by Crippen LogP contribution is -2.24. The molecular weight excluding hydrogens is 152 g/mol. The molecule has 70 valence electrons. The summed E-state index contributed by atoms with van der Waals surface area (Å²) in [5.74, 6) is 0.628. The fourth-order valence-electron chi connectivity index (χ4n) is 2.05. The molecule has 0 aromatic rings. The Kier molecular flexibility index (Phi) is 2.45. The van der Waals surface area contributed by atoms with Crippen LogP contribution in [-0.2, 0) is 4.79 Å². The molecule has 0 aliphatic heterocycles. The van der Waals surface area contributed by atoms with Gasteiger partial charge in [0.1, 0.15) is 0 Å². The first-order chi connectivity index (χ1) is 5.46.